The molecule has 0 spiro atoms. The second-order valence-electron chi connectivity index (χ2n) is 12.0. The van der Waals surface area contributed by atoms with Crippen molar-refractivity contribution in [2.24, 2.45) is 0 Å². The van der Waals surface area contributed by atoms with Crippen LogP contribution in [-0.4, -0.2) is 24.2 Å². The topological polar surface area (TPSA) is 0 Å². The Morgan fingerprint density at radius 2 is 0.619 bits per heavy atom. The van der Waals surface area contributed by atoms with Crippen molar-refractivity contribution in [3.63, 3.8) is 0 Å². The van der Waals surface area contributed by atoms with Crippen LogP contribution in [0.5, 0.6) is 0 Å². The van der Waals surface area contributed by atoms with Crippen molar-refractivity contribution >= 4 is 120 Å². The lowest BCUT2D eigenvalue weighted by Crippen LogP contribution is -2.16. The van der Waals surface area contributed by atoms with Gasteiger partial charge >= 0.3 is 0 Å². The van der Waals surface area contributed by atoms with E-state index in [4.69, 9.17) is 0 Å². The van der Waals surface area contributed by atoms with Crippen LogP contribution in [-0.2, 0) is 0 Å². The first-order valence-electron chi connectivity index (χ1n) is 12.6. The quantitative estimate of drug-likeness (QED) is 0.180. The van der Waals surface area contributed by atoms with Crippen molar-refractivity contribution in [1.29, 1.82) is 0 Å². The van der Waals surface area contributed by atoms with Crippen LogP contribution in [0.25, 0.3) is 0 Å². The molecule has 0 nitrogen and oxygen atoms in total. The molecule has 0 radical (unpaired) electrons. The van der Waals surface area contributed by atoms with Crippen LogP contribution in [0.15, 0.2) is 45.1 Å². The van der Waals surface area contributed by atoms with Gasteiger partial charge in [0.05, 0.1) is 26.9 Å². The highest BCUT2D eigenvalue weighted by molar-refractivity contribution is 9.29. The van der Waals surface area contributed by atoms with E-state index in [0.717, 1.165) is 26.9 Å². The molecule has 0 saturated carbocycles. The lowest BCUT2D eigenvalue weighted by molar-refractivity contribution is 1.55. The number of hydrogen-bond acceptors (Lipinski definition) is 0. The molecule has 0 atom stereocenters. The van der Waals surface area contributed by atoms with Gasteiger partial charge in [-0.15, -0.1) is 16.6 Å². The molecule has 9 heteroatoms. The Kier molecular flexibility index (Phi) is 16.6. The lowest BCUT2D eigenvalue weighted by atomic mass is 10.0. The highest BCUT2D eigenvalue weighted by Gasteiger charge is 2.10. The van der Waals surface area contributed by atoms with E-state index in [1.54, 1.807) is 0 Å². The average molecular weight is 990 g/mol. The van der Waals surface area contributed by atoms with Gasteiger partial charge in [-0.3, -0.25) is 0 Å². The fourth-order valence-electron chi connectivity index (χ4n) is 2.38. The number of halogens is 6. The Hall–Kier alpha value is -0.669. The van der Waals surface area contributed by atoms with Gasteiger partial charge in [0.15, 0.2) is 0 Å². The Morgan fingerprint density at radius 3 is 0.786 bits per heavy atom. The van der Waals surface area contributed by atoms with Gasteiger partial charge in [0.1, 0.15) is 24.2 Å². The molecule has 0 fully saturated rings. The Balaban J connectivity index is 3.86. The Bertz CT molecular complexity index is 1480. The molecule has 0 aliphatic rings. The number of benzene rings is 1. The van der Waals surface area contributed by atoms with Crippen LogP contribution in [0.4, 0.5) is 0 Å². The summed E-state index contributed by atoms with van der Waals surface area (Å²) in [6.45, 7) is 19.8. The van der Waals surface area contributed by atoms with Crippen molar-refractivity contribution in [3.05, 3.63) is 61.8 Å². The van der Waals surface area contributed by atoms with E-state index in [9.17, 15) is 0 Å². The smallest absolute Gasteiger partial charge is 0.126 e. The van der Waals surface area contributed by atoms with Crippen LogP contribution >= 0.6 is 95.6 Å². The molecule has 0 aliphatic heterocycles. The predicted octanol–water partition coefficient (Wildman–Crippen LogP) is 11.4. The molecule has 0 N–H and O–H groups in total. The normalized spacial score (nSPS) is 10.1. The summed E-state index contributed by atoms with van der Waals surface area (Å²) in [4.78, 5) is 0. The van der Waals surface area contributed by atoms with E-state index in [0.29, 0.717) is 16.7 Å². The van der Waals surface area contributed by atoms with E-state index < -0.39 is 24.2 Å². The summed E-state index contributed by atoms with van der Waals surface area (Å²) in [6, 6.07) is 5.85. The van der Waals surface area contributed by atoms with E-state index in [-0.39, 0.29) is 0 Å². The molecule has 1 aromatic rings. The van der Waals surface area contributed by atoms with Gasteiger partial charge in [-0.2, -0.15) is 0 Å². The third-order valence-electron chi connectivity index (χ3n) is 4.18. The van der Waals surface area contributed by atoms with Gasteiger partial charge in [-0.05, 0) is 114 Å². The number of allylic oxidation sites excluding steroid dienone is 3. The monoisotopic (exact) mass is 984 g/mol. The highest BCUT2D eigenvalue weighted by Crippen LogP contribution is 2.21. The first kappa shape index (κ1) is 39.4. The van der Waals surface area contributed by atoms with E-state index >= 15 is 0 Å². The summed E-state index contributed by atoms with van der Waals surface area (Å²) >= 11 is 20.9. The second kappa shape index (κ2) is 17.7. The van der Waals surface area contributed by atoms with E-state index in [2.05, 4.69) is 224 Å². The molecule has 216 valence electrons. The van der Waals surface area contributed by atoms with Crippen LogP contribution in [0.3, 0.4) is 0 Å². The zero-order valence-electron chi connectivity index (χ0n) is 25.0. The fraction of sp³-hybridized carbons (Fsp3) is 0.273. The zero-order valence-corrected chi connectivity index (χ0v) is 37.5. The van der Waals surface area contributed by atoms with E-state index in [1.165, 1.54) is 0 Å². The van der Waals surface area contributed by atoms with Gasteiger partial charge < -0.3 is 0 Å². The maximum absolute atomic E-state index is 3.49. The Morgan fingerprint density at radius 1 is 0.405 bits per heavy atom. The van der Waals surface area contributed by atoms with Crippen molar-refractivity contribution in [2.45, 2.75) is 58.9 Å². The zero-order chi connectivity index (χ0) is 32.3. The van der Waals surface area contributed by atoms with Gasteiger partial charge in [0.25, 0.3) is 0 Å². The minimum absolute atomic E-state index is 0.687. The number of rotatable bonds is 0. The molecule has 42 heavy (non-hydrogen) atoms. The first-order valence-corrected chi connectivity index (χ1v) is 27.9. The Labute approximate surface area is 307 Å². The summed E-state index contributed by atoms with van der Waals surface area (Å²) in [5.41, 5.74) is 14.5. The minimum atomic E-state index is -1.57. The van der Waals surface area contributed by atoms with Gasteiger partial charge in [0.2, 0.25) is 0 Å². The van der Waals surface area contributed by atoms with Crippen LogP contribution in [0, 0.1) is 69.9 Å². The average Bonchev–Trinajstić information content (AvgIpc) is 2.81. The van der Waals surface area contributed by atoms with Crippen LogP contribution in [0.1, 0.15) is 16.7 Å². The molecule has 1 rings (SSSR count). The fourth-order valence-corrected chi connectivity index (χ4v) is 5.06. The largest absolute Gasteiger partial charge is 0.129 e. The summed E-state index contributed by atoms with van der Waals surface area (Å²) in [5, 5.41) is 0. The van der Waals surface area contributed by atoms with Crippen LogP contribution < -0.4 is 0 Å². The minimum Gasteiger partial charge on any atom is -0.126 e. The molecule has 0 saturated heterocycles. The molecule has 1 aromatic carbocycles. The highest BCUT2D eigenvalue weighted by atomic mass is 79.9. The van der Waals surface area contributed by atoms with Crippen molar-refractivity contribution in [2.75, 3.05) is 0 Å². The molecule has 0 heterocycles. The van der Waals surface area contributed by atoms with Crippen molar-refractivity contribution in [1.82, 2.24) is 0 Å². The summed E-state index contributed by atoms with van der Waals surface area (Å²) in [6.07, 6.45) is 0. The molecule has 0 amide bonds. The molecule has 0 aliphatic carbocycles. The number of hydrogen-bond donors (Lipinski definition) is 0. The molecule has 0 unspecified atom stereocenters. The molecule has 0 bridgehead atoms. The lowest BCUT2D eigenvalue weighted by Gasteiger charge is -2.03. The molecular weight excluding hydrogens is 960 g/mol. The molecular formula is C33H30Br6Si3. The van der Waals surface area contributed by atoms with Crippen molar-refractivity contribution < 1.29 is 0 Å². The maximum Gasteiger partial charge on any atom is 0.129 e. The van der Waals surface area contributed by atoms with Gasteiger partial charge in [0, 0.05) is 16.7 Å². The standard InChI is InChI=1S/C33H30Br6Si3/c1-40(2,3)19-16-28(31(34)35)13-10-25-22-26(11-14-29(32(36)37)17-20-41(4,5)6)24-27(23-25)12-15-30(33(38)39)18-21-42(7,8)9/h22-24H,1-9H3. The summed E-state index contributed by atoms with van der Waals surface area (Å²) in [5.74, 6) is 29.1. The third kappa shape index (κ3) is 18.2. The van der Waals surface area contributed by atoms with E-state index in [1.807, 2.05) is 18.2 Å². The predicted molar refractivity (Wildman–Crippen MR) is 215 cm³/mol. The van der Waals surface area contributed by atoms with Gasteiger partial charge in [-0.25, -0.2) is 0 Å². The van der Waals surface area contributed by atoms with Crippen LogP contribution in [0.2, 0.25) is 58.9 Å². The second-order valence-corrected chi connectivity index (χ2v) is 34.2. The SMILES string of the molecule is C[Si](C)(C)C#CC(C#Cc1cc(C#CC(C#C[Si](C)(C)C)=C(Br)Br)cc(C#CC(C#C[Si](C)(C)C)=C(Br)Br)c1)=C(Br)Br. The maximum atomic E-state index is 3.49. The third-order valence-corrected chi connectivity index (χ3v) is 9.19. The van der Waals surface area contributed by atoms with Gasteiger partial charge in [-0.1, -0.05) is 112 Å². The summed E-state index contributed by atoms with van der Waals surface area (Å²) < 4.78 is 2.17. The molecule has 0 aromatic heterocycles. The summed E-state index contributed by atoms with van der Waals surface area (Å²) in [7, 11) is -4.72. The first-order chi connectivity index (χ1) is 19.1. The van der Waals surface area contributed by atoms with Crippen molar-refractivity contribution in [3.8, 4) is 69.9 Å².